The van der Waals surface area contributed by atoms with Crippen molar-refractivity contribution >= 4 is 33.6 Å². The zero-order valence-electron chi connectivity index (χ0n) is 15.5. The van der Waals surface area contributed by atoms with Crippen molar-refractivity contribution in [2.75, 3.05) is 11.9 Å². The molecule has 4 rings (SSSR count). The number of amides is 2. The van der Waals surface area contributed by atoms with Gasteiger partial charge in [0, 0.05) is 15.7 Å². The lowest BCUT2D eigenvalue weighted by atomic mass is 9.96. The van der Waals surface area contributed by atoms with E-state index in [0.29, 0.717) is 5.69 Å². The fourth-order valence-corrected chi connectivity index (χ4v) is 3.82. The summed E-state index contributed by atoms with van der Waals surface area (Å²) in [6.45, 7) is 0.0458. The summed E-state index contributed by atoms with van der Waals surface area (Å²) in [4.78, 5) is 27.1. The second kappa shape index (κ2) is 8.49. The number of nitrogens with one attached hydrogen (secondary N) is 1. The van der Waals surface area contributed by atoms with Gasteiger partial charge in [-0.1, -0.05) is 76.6 Å². The number of hydrogen-bond donors (Lipinski definition) is 1. The molecular formula is C23H19BrN2O3. The minimum Gasteiger partial charge on any atom is -0.445 e. The van der Waals surface area contributed by atoms with Gasteiger partial charge >= 0.3 is 6.09 Å². The molecule has 1 atom stereocenters. The number of rotatable bonds is 3. The number of nitrogens with zero attached hydrogens (tertiary/aromatic N) is 1. The molecule has 29 heavy (non-hydrogen) atoms. The second-order valence-electron chi connectivity index (χ2n) is 6.76. The van der Waals surface area contributed by atoms with Crippen molar-refractivity contribution < 1.29 is 14.3 Å². The lowest BCUT2D eigenvalue weighted by Gasteiger charge is -2.29. The summed E-state index contributed by atoms with van der Waals surface area (Å²) in [5, 5.41) is 2.90. The van der Waals surface area contributed by atoms with E-state index in [1.54, 1.807) is 0 Å². The first-order chi connectivity index (χ1) is 14.1. The van der Waals surface area contributed by atoms with Crippen molar-refractivity contribution in [1.82, 2.24) is 4.90 Å². The van der Waals surface area contributed by atoms with E-state index in [4.69, 9.17) is 4.74 Å². The molecule has 0 aliphatic carbocycles. The highest BCUT2D eigenvalue weighted by Crippen LogP contribution is 2.37. The molecule has 0 bridgehead atoms. The maximum atomic E-state index is 13.1. The van der Waals surface area contributed by atoms with Crippen LogP contribution in [0.4, 0.5) is 10.5 Å². The Labute approximate surface area is 177 Å². The summed E-state index contributed by atoms with van der Waals surface area (Å²) in [5.41, 5.74) is 3.30. The maximum absolute atomic E-state index is 13.1. The minimum absolute atomic E-state index is 0.0977. The Morgan fingerprint density at radius 3 is 2.45 bits per heavy atom. The molecule has 2 amide bonds. The molecule has 0 saturated carbocycles. The lowest BCUT2D eigenvalue weighted by Crippen LogP contribution is -2.39. The number of fused-ring (bicyclic) bond motifs is 1. The van der Waals surface area contributed by atoms with E-state index in [2.05, 4.69) is 21.2 Å². The fourth-order valence-electron chi connectivity index (χ4n) is 3.44. The van der Waals surface area contributed by atoms with Crippen molar-refractivity contribution in [1.29, 1.82) is 0 Å². The van der Waals surface area contributed by atoms with Crippen LogP contribution in [0.25, 0.3) is 0 Å². The Bertz CT molecular complexity index is 1020. The molecule has 146 valence electrons. The molecule has 0 aromatic heterocycles. The molecule has 3 aromatic carbocycles. The standard InChI is InChI=1S/C23H19BrN2O3/c24-18-11-12-20-19(13-18)22(17-9-5-2-6-10-17)26(14-21(27)25-20)23(28)29-15-16-7-3-1-4-8-16/h1-13,22H,14-15H2,(H,25,27)/t22-/m1/s1. The van der Waals surface area contributed by atoms with Gasteiger partial charge in [-0.25, -0.2) is 4.79 Å². The lowest BCUT2D eigenvalue weighted by molar-refractivity contribution is -0.117. The van der Waals surface area contributed by atoms with Crippen molar-refractivity contribution in [3.05, 3.63) is 100 Å². The van der Waals surface area contributed by atoms with Crippen molar-refractivity contribution in [2.45, 2.75) is 12.6 Å². The van der Waals surface area contributed by atoms with Gasteiger partial charge in [0.05, 0.1) is 6.04 Å². The topological polar surface area (TPSA) is 58.6 Å². The molecule has 1 aliphatic rings. The monoisotopic (exact) mass is 450 g/mol. The van der Waals surface area contributed by atoms with Gasteiger partial charge in [-0.05, 0) is 29.3 Å². The molecule has 5 nitrogen and oxygen atoms in total. The highest BCUT2D eigenvalue weighted by atomic mass is 79.9. The molecule has 6 heteroatoms. The van der Waals surface area contributed by atoms with Gasteiger partial charge in [0.25, 0.3) is 0 Å². The van der Waals surface area contributed by atoms with Crippen LogP contribution < -0.4 is 5.32 Å². The van der Waals surface area contributed by atoms with Gasteiger partial charge in [-0.2, -0.15) is 0 Å². The third-order valence-corrected chi connectivity index (χ3v) is 5.26. The van der Waals surface area contributed by atoms with Gasteiger partial charge < -0.3 is 10.1 Å². The first kappa shape index (κ1) is 19.2. The number of halogens is 1. The molecule has 0 saturated heterocycles. The predicted molar refractivity (Wildman–Crippen MR) is 114 cm³/mol. The van der Waals surface area contributed by atoms with Crippen LogP contribution in [-0.4, -0.2) is 23.4 Å². The van der Waals surface area contributed by atoms with E-state index in [0.717, 1.165) is 21.2 Å². The average Bonchev–Trinajstić information content (AvgIpc) is 2.89. The number of benzene rings is 3. The highest BCUT2D eigenvalue weighted by Gasteiger charge is 2.34. The highest BCUT2D eigenvalue weighted by molar-refractivity contribution is 9.10. The van der Waals surface area contributed by atoms with Crippen LogP contribution in [0, 0.1) is 0 Å². The maximum Gasteiger partial charge on any atom is 0.411 e. The van der Waals surface area contributed by atoms with Crippen molar-refractivity contribution in [3.63, 3.8) is 0 Å². The number of ether oxygens (including phenoxy) is 1. The predicted octanol–water partition coefficient (Wildman–Crippen LogP) is 5.13. The van der Waals surface area contributed by atoms with Crippen LogP contribution in [0.2, 0.25) is 0 Å². The molecule has 1 aliphatic heterocycles. The van der Waals surface area contributed by atoms with Gasteiger partial charge in [-0.15, -0.1) is 0 Å². The molecule has 1 heterocycles. The third kappa shape index (κ3) is 4.32. The van der Waals surface area contributed by atoms with Gasteiger partial charge in [0.1, 0.15) is 13.2 Å². The summed E-state index contributed by atoms with van der Waals surface area (Å²) in [6, 6.07) is 24.3. The molecule has 0 radical (unpaired) electrons. The summed E-state index contributed by atoms with van der Waals surface area (Å²) in [5.74, 6) is -0.260. The molecule has 3 aromatic rings. The summed E-state index contributed by atoms with van der Waals surface area (Å²) in [6.07, 6.45) is -0.536. The van der Waals surface area contributed by atoms with Crippen LogP contribution in [0.3, 0.4) is 0 Å². The third-order valence-electron chi connectivity index (χ3n) is 4.76. The van der Waals surface area contributed by atoms with E-state index in [1.165, 1.54) is 4.90 Å². The average molecular weight is 451 g/mol. The molecule has 0 spiro atoms. The van der Waals surface area contributed by atoms with Crippen LogP contribution in [-0.2, 0) is 16.1 Å². The van der Waals surface area contributed by atoms with E-state index in [1.807, 2.05) is 78.9 Å². The van der Waals surface area contributed by atoms with Crippen molar-refractivity contribution in [3.8, 4) is 0 Å². The van der Waals surface area contributed by atoms with E-state index < -0.39 is 12.1 Å². The Hall–Kier alpha value is -3.12. The van der Waals surface area contributed by atoms with Crippen LogP contribution in [0.1, 0.15) is 22.7 Å². The van der Waals surface area contributed by atoms with E-state index in [9.17, 15) is 9.59 Å². The number of anilines is 1. The van der Waals surface area contributed by atoms with E-state index >= 15 is 0 Å². The van der Waals surface area contributed by atoms with Gasteiger partial charge in [-0.3, -0.25) is 9.69 Å². The number of carbonyl (C=O) groups excluding carboxylic acids is 2. The normalized spacial score (nSPS) is 15.8. The largest absolute Gasteiger partial charge is 0.445 e. The molecular weight excluding hydrogens is 432 g/mol. The minimum atomic E-state index is -0.536. The first-order valence-electron chi connectivity index (χ1n) is 9.23. The van der Waals surface area contributed by atoms with E-state index in [-0.39, 0.29) is 19.1 Å². The smallest absolute Gasteiger partial charge is 0.411 e. The number of carbonyl (C=O) groups is 2. The zero-order chi connectivity index (χ0) is 20.2. The Morgan fingerprint density at radius 2 is 1.72 bits per heavy atom. The van der Waals surface area contributed by atoms with Crippen LogP contribution in [0.15, 0.2) is 83.3 Å². The Morgan fingerprint density at radius 1 is 1.03 bits per heavy atom. The quantitative estimate of drug-likeness (QED) is 0.601. The zero-order valence-corrected chi connectivity index (χ0v) is 17.1. The SMILES string of the molecule is O=C1CN(C(=O)OCc2ccccc2)[C@H](c2ccccc2)c2cc(Br)ccc2N1. The molecule has 1 N–H and O–H groups in total. The Balaban J connectivity index is 1.71. The summed E-state index contributed by atoms with van der Waals surface area (Å²) in [7, 11) is 0. The fraction of sp³-hybridized carbons (Fsp3) is 0.130. The van der Waals surface area contributed by atoms with Crippen LogP contribution >= 0.6 is 15.9 Å². The molecule has 0 fully saturated rings. The first-order valence-corrected chi connectivity index (χ1v) is 10.0. The number of hydrogen-bond acceptors (Lipinski definition) is 3. The molecule has 0 unspecified atom stereocenters. The van der Waals surface area contributed by atoms with Crippen molar-refractivity contribution in [2.24, 2.45) is 0 Å². The Kier molecular flexibility index (Phi) is 5.62. The van der Waals surface area contributed by atoms with Gasteiger partial charge in [0.15, 0.2) is 0 Å². The summed E-state index contributed by atoms with van der Waals surface area (Å²) < 4.78 is 6.43. The van der Waals surface area contributed by atoms with Crippen LogP contribution in [0.5, 0.6) is 0 Å². The summed E-state index contributed by atoms with van der Waals surface area (Å²) >= 11 is 3.50. The second-order valence-corrected chi connectivity index (χ2v) is 7.68. The van der Waals surface area contributed by atoms with Gasteiger partial charge in [0.2, 0.25) is 5.91 Å².